The van der Waals surface area contributed by atoms with Crippen LogP contribution in [-0.2, 0) is 4.79 Å². The Bertz CT molecular complexity index is 416. The number of nitrogens with one attached hydrogen (secondary N) is 1. The zero-order chi connectivity index (χ0) is 13.5. The van der Waals surface area contributed by atoms with E-state index < -0.39 is 0 Å². The van der Waals surface area contributed by atoms with Gasteiger partial charge in [0, 0.05) is 37.6 Å². The summed E-state index contributed by atoms with van der Waals surface area (Å²) in [5.74, 6) is -0.0836. The van der Waals surface area contributed by atoms with Gasteiger partial charge in [-0.3, -0.25) is 9.59 Å². The highest BCUT2D eigenvalue weighted by Gasteiger charge is 2.06. The van der Waals surface area contributed by atoms with Gasteiger partial charge in [0.25, 0.3) is 5.91 Å². The monoisotopic (exact) mass is 268 g/mol. The minimum Gasteiger partial charge on any atom is -0.352 e. The summed E-state index contributed by atoms with van der Waals surface area (Å²) in [5.41, 5.74) is 0.568. The van der Waals surface area contributed by atoms with Crippen LogP contribution in [0.15, 0.2) is 24.3 Å². The molecule has 0 aliphatic rings. The molecule has 0 saturated carbocycles. The molecule has 0 aromatic heterocycles. The van der Waals surface area contributed by atoms with Crippen LogP contribution in [0.5, 0.6) is 0 Å². The highest BCUT2D eigenvalue weighted by Crippen LogP contribution is 2.09. The van der Waals surface area contributed by atoms with Crippen LogP contribution < -0.4 is 5.32 Å². The minimum absolute atomic E-state index is 0.0655. The van der Waals surface area contributed by atoms with E-state index in [9.17, 15) is 9.59 Å². The predicted octanol–water partition coefficient (Wildman–Crippen LogP) is 1.94. The van der Waals surface area contributed by atoms with Crippen molar-refractivity contribution in [3.63, 3.8) is 0 Å². The van der Waals surface area contributed by atoms with E-state index in [0.29, 0.717) is 30.0 Å². The smallest absolute Gasteiger partial charge is 0.251 e. The van der Waals surface area contributed by atoms with Crippen molar-refractivity contribution in [2.75, 3.05) is 20.6 Å². The maximum absolute atomic E-state index is 11.7. The van der Waals surface area contributed by atoms with Crippen molar-refractivity contribution >= 4 is 23.4 Å². The van der Waals surface area contributed by atoms with Gasteiger partial charge >= 0.3 is 0 Å². The first-order valence-corrected chi connectivity index (χ1v) is 6.12. The van der Waals surface area contributed by atoms with E-state index in [-0.39, 0.29) is 11.8 Å². The van der Waals surface area contributed by atoms with Crippen molar-refractivity contribution in [3.05, 3.63) is 34.9 Å². The first-order chi connectivity index (χ1) is 8.50. The number of carbonyl (C=O) groups is 2. The summed E-state index contributed by atoms with van der Waals surface area (Å²) in [6, 6.07) is 6.68. The quantitative estimate of drug-likeness (QED) is 0.830. The lowest BCUT2D eigenvalue weighted by Gasteiger charge is -2.10. The zero-order valence-corrected chi connectivity index (χ0v) is 11.3. The second-order valence-electron chi connectivity index (χ2n) is 4.15. The third-order valence-electron chi connectivity index (χ3n) is 2.46. The molecule has 1 aromatic carbocycles. The molecule has 1 N–H and O–H groups in total. The van der Waals surface area contributed by atoms with E-state index in [1.165, 1.54) is 0 Å². The molecule has 98 valence electrons. The second kappa shape index (κ2) is 7.01. The Kier molecular flexibility index (Phi) is 5.65. The second-order valence-corrected chi connectivity index (χ2v) is 4.59. The van der Waals surface area contributed by atoms with Crippen LogP contribution in [0.1, 0.15) is 23.2 Å². The maximum atomic E-state index is 11.7. The third kappa shape index (κ3) is 4.75. The van der Waals surface area contributed by atoms with Crippen LogP contribution in [0.4, 0.5) is 0 Å². The van der Waals surface area contributed by atoms with E-state index in [0.717, 1.165) is 0 Å². The summed E-state index contributed by atoms with van der Waals surface area (Å²) in [6.07, 6.45) is 1.07. The summed E-state index contributed by atoms with van der Waals surface area (Å²) >= 11 is 5.73. The van der Waals surface area contributed by atoms with E-state index in [4.69, 9.17) is 11.6 Å². The van der Waals surface area contributed by atoms with Crippen molar-refractivity contribution in [2.24, 2.45) is 0 Å². The molecule has 0 spiro atoms. The fourth-order valence-corrected chi connectivity index (χ4v) is 1.49. The molecule has 1 aromatic rings. The number of amides is 2. The van der Waals surface area contributed by atoms with Gasteiger partial charge in [-0.2, -0.15) is 0 Å². The third-order valence-corrected chi connectivity index (χ3v) is 2.71. The lowest BCUT2D eigenvalue weighted by Crippen LogP contribution is -2.27. The highest BCUT2D eigenvalue weighted by molar-refractivity contribution is 6.30. The largest absolute Gasteiger partial charge is 0.352 e. The summed E-state index contributed by atoms with van der Waals surface area (Å²) in [7, 11) is 3.43. The lowest BCUT2D eigenvalue weighted by atomic mass is 10.2. The standard InChI is InChI=1S/C13H17ClN2O2/c1-16(2)12(17)4-3-9-15-13(18)10-5-7-11(14)8-6-10/h5-8H,3-4,9H2,1-2H3,(H,15,18). The van der Waals surface area contributed by atoms with Gasteiger partial charge in [-0.15, -0.1) is 0 Å². The fraction of sp³-hybridized carbons (Fsp3) is 0.385. The van der Waals surface area contributed by atoms with Gasteiger partial charge in [0.1, 0.15) is 0 Å². The summed E-state index contributed by atoms with van der Waals surface area (Å²) < 4.78 is 0. The van der Waals surface area contributed by atoms with Crippen LogP contribution >= 0.6 is 11.6 Å². The van der Waals surface area contributed by atoms with Crippen LogP contribution in [-0.4, -0.2) is 37.4 Å². The van der Waals surface area contributed by atoms with E-state index in [1.807, 2.05) is 0 Å². The molecule has 2 amide bonds. The Morgan fingerprint density at radius 2 is 1.83 bits per heavy atom. The molecular weight excluding hydrogens is 252 g/mol. The summed E-state index contributed by atoms with van der Waals surface area (Å²) in [4.78, 5) is 24.5. The normalized spacial score (nSPS) is 9.94. The molecule has 5 heteroatoms. The summed E-state index contributed by atoms with van der Waals surface area (Å²) in [6.45, 7) is 0.487. The number of rotatable bonds is 5. The molecule has 0 unspecified atom stereocenters. The molecule has 0 aliphatic heterocycles. The first-order valence-electron chi connectivity index (χ1n) is 5.74. The zero-order valence-electron chi connectivity index (χ0n) is 10.6. The lowest BCUT2D eigenvalue weighted by molar-refractivity contribution is -0.128. The van der Waals surface area contributed by atoms with Gasteiger partial charge < -0.3 is 10.2 Å². The van der Waals surface area contributed by atoms with Crippen LogP contribution in [0.25, 0.3) is 0 Å². The summed E-state index contributed by atoms with van der Waals surface area (Å²) in [5, 5.41) is 3.36. The van der Waals surface area contributed by atoms with Crippen molar-refractivity contribution in [1.29, 1.82) is 0 Å². The van der Waals surface area contributed by atoms with Gasteiger partial charge in [-0.05, 0) is 30.7 Å². The van der Waals surface area contributed by atoms with Gasteiger partial charge in [-0.25, -0.2) is 0 Å². The average molecular weight is 269 g/mol. The molecule has 0 fully saturated rings. The molecule has 1 rings (SSSR count). The molecule has 4 nitrogen and oxygen atoms in total. The average Bonchev–Trinajstić information content (AvgIpc) is 2.34. The van der Waals surface area contributed by atoms with E-state index in [1.54, 1.807) is 43.3 Å². The minimum atomic E-state index is -0.149. The Morgan fingerprint density at radius 3 is 2.39 bits per heavy atom. The number of hydrogen-bond donors (Lipinski definition) is 1. The van der Waals surface area contributed by atoms with Crippen molar-refractivity contribution in [1.82, 2.24) is 10.2 Å². The van der Waals surface area contributed by atoms with Crippen molar-refractivity contribution in [2.45, 2.75) is 12.8 Å². The van der Waals surface area contributed by atoms with Crippen LogP contribution in [0.2, 0.25) is 5.02 Å². The SMILES string of the molecule is CN(C)C(=O)CCCNC(=O)c1ccc(Cl)cc1. The molecule has 0 atom stereocenters. The van der Waals surface area contributed by atoms with Crippen molar-refractivity contribution in [3.8, 4) is 0 Å². The molecular formula is C13H17ClN2O2. The Balaban J connectivity index is 2.29. The molecule has 0 radical (unpaired) electrons. The van der Waals surface area contributed by atoms with Crippen LogP contribution in [0, 0.1) is 0 Å². The molecule has 0 heterocycles. The van der Waals surface area contributed by atoms with E-state index >= 15 is 0 Å². The van der Waals surface area contributed by atoms with Gasteiger partial charge in [0.15, 0.2) is 0 Å². The van der Waals surface area contributed by atoms with Crippen molar-refractivity contribution < 1.29 is 9.59 Å². The number of halogens is 1. The number of hydrogen-bond acceptors (Lipinski definition) is 2. The molecule has 18 heavy (non-hydrogen) atoms. The van der Waals surface area contributed by atoms with Crippen LogP contribution in [0.3, 0.4) is 0 Å². The predicted molar refractivity (Wildman–Crippen MR) is 71.7 cm³/mol. The fourth-order valence-electron chi connectivity index (χ4n) is 1.37. The topological polar surface area (TPSA) is 49.4 Å². The maximum Gasteiger partial charge on any atom is 0.251 e. The number of benzene rings is 1. The first kappa shape index (κ1) is 14.5. The highest BCUT2D eigenvalue weighted by atomic mass is 35.5. The molecule has 0 bridgehead atoms. The number of nitrogens with zero attached hydrogens (tertiary/aromatic N) is 1. The Morgan fingerprint density at radius 1 is 1.22 bits per heavy atom. The van der Waals surface area contributed by atoms with Gasteiger partial charge in [-0.1, -0.05) is 11.6 Å². The van der Waals surface area contributed by atoms with E-state index in [2.05, 4.69) is 5.32 Å². The molecule has 0 aliphatic carbocycles. The number of carbonyl (C=O) groups excluding carboxylic acids is 2. The van der Waals surface area contributed by atoms with Gasteiger partial charge in [0.2, 0.25) is 5.91 Å². The Hall–Kier alpha value is -1.55. The molecule has 0 saturated heterocycles. The Labute approximate surface area is 112 Å². The van der Waals surface area contributed by atoms with Gasteiger partial charge in [0.05, 0.1) is 0 Å².